The maximum atomic E-state index is 13.0. The molecule has 3 rings (SSSR count). The Labute approximate surface area is 106 Å². The highest BCUT2D eigenvalue weighted by Crippen LogP contribution is 2.59. The van der Waals surface area contributed by atoms with Gasteiger partial charge in [-0.15, -0.1) is 0 Å². The van der Waals surface area contributed by atoms with Crippen molar-refractivity contribution in [1.29, 1.82) is 0 Å². The maximum absolute atomic E-state index is 13.0. The van der Waals surface area contributed by atoms with Crippen molar-refractivity contribution >= 4 is 27.9 Å². The third kappa shape index (κ3) is 1.59. The molecule has 0 spiro atoms. The van der Waals surface area contributed by atoms with Gasteiger partial charge in [0, 0.05) is 28.8 Å². The molecule has 1 saturated carbocycles. The van der Waals surface area contributed by atoms with Gasteiger partial charge in [0.25, 0.3) is 5.92 Å². The molecule has 1 saturated heterocycles. The molecule has 90 valence electrons. The van der Waals surface area contributed by atoms with E-state index in [1.165, 1.54) is 0 Å². The molecule has 0 amide bonds. The zero-order valence-electron chi connectivity index (χ0n) is 8.87. The number of fused-ring (bicyclic) bond motifs is 1. The summed E-state index contributed by atoms with van der Waals surface area (Å²) in [7, 11) is 0. The second kappa shape index (κ2) is 3.51. The van der Waals surface area contributed by atoms with Gasteiger partial charge in [0.05, 0.1) is 11.8 Å². The van der Waals surface area contributed by atoms with E-state index in [0.29, 0.717) is 23.1 Å². The monoisotopic (exact) mass is 301 g/mol. The predicted octanol–water partition coefficient (Wildman–Crippen LogP) is 2.96. The average Bonchev–Trinajstić information content (AvgIpc) is 2.70. The summed E-state index contributed by atoms with van der Waals surface area (Å²) in [5.41, 5.74) is 1.47. The van der Waals surface area contributed by atoms with Gasteiger partial charge in [-0.3, -0.25) is 4.79 Å². The van der Waals surface area contributed by atoms with Crippen molar-refractivity contribution in [2.45, 2.75) is 5.92 Å². The molecule has 0 radical (unpaired) electrons. The number of hydrogen-bond acceptors (Lipinski definition) is 2. The van der Waals surface area contributed by atoms with E-state index >= 15 is 0 Å². The topological polar surface area (TPSA) is 20.3 Å². The van der Waals surface area contributed by atoms with E-state index < -0.39 is 17.8 Å². The minimum absolute atomic E-state index is 0.407. The molecule has 1 heterocycles. The number of carbonyl (C=O) groups excluding carboxylic acids is 1. The van der Waals surface area contributed by atoms with E-state index in [9.17, 15) is 13.6 Å². The molecule has 1 aromatic carbocycles. The van der Waals surface area contributed by atoms with Crippen LogP contribution in [-0.2, 0) is 0 Å². The number of hydrogen-bond donors (Lipinski definition) is 0. The summed E-state index contributed by atoms with van der Waals surface area (Å²) < 4.78 is 26.8. The Hall–Kier alpha value is -0.970. The van der Waals surface area contributed by atoms with Crippen molar-refractivity contribution in [3.8, 4) is 0 Å². The minimum Gasteiger partial charge on any atom is -0.370 e. The van der Waals surface area contributed by atoms with Gasteiger partial charge >= 0.3 is 0 Å². The van der Waals surface area contributed by atoms with E-state index in [1.54, 1.807) is 12.1 Å². The number of nitrogens with zero attached hydrogens (tertiary/aromatic N) is 1. The molecule has 0 aromatic heterocycles. The maximum Gasteiger partial charge on any atom is 0.258 e. The van der Waals surface area contributed by atoms with Crippen LogP contribution < -0.4 is 4.90 Å². The minimum atomic E-state index is -2.45. The van der Waals surface area contributed by atoms with E-state index in [4.69, 9.17) is 0 Å². The summed E-state index contributed by atoms with van der Waals surface area (Å²) in [6, 6.07) is 5.32. The standard InChI is InChI=1S/C12H10BrF2NO/c13-11-3-8(2-1-7(11)6-17)16-4-9-10(5-16)12(9,14)15/h1-3,6,9-10H,4-5H2. The number of benzene rings is 1. The molecule has 0 bridgehead atoms. The fourth-order valence-electron chi connectivity index (χ4n) is 2.53. The molecule has 2 aliphatic rings. The van der Waals surface area contributed by atoms with E-state index in [0.717, 1.165) is 12.0 Å². The van der Waals surface area contributed by atoms with Crippen molar-refractivity contribution in [2.24, 2.45) is 11.8 Å². The van der Waals surface area contributed by atoms with E-state index in [2.05, 4.69) is 15.9 Å². The fraction of sp³-hybridized carbons (Fsp3) is 0.417. The second-order valence-corrected chi connectivity index (χ2v) is 5.47. The van der Waals surface area contributed by atoms with Gasteiger partial charge in [0.15, 0.2) is 6.29 Å². The van der Waals surface area contributed by atoms with Crippen LogP contribution in [0.1, 0.15) is 10.4 Å². The van der Waals surface area contributed by atoms with Crippen LogP contribution in [0.15, 0.2) is 22.7 Å². The number of carbonyl (C=O) groups is 1. The lowest BCUT2D eigenvalue weighted by atomic mass is 10.2. The molecular weight excluding hydrogens is 292 g/mol. The lowest BCUT2D eigenvalue weighted by Crippen LogP contribution is -2.27. The average molecular weight is 302 g/mol. The number of piperidine rings is 1. The third-order valence-electron chi connectivity index (χ3n) is 3.68. The van der Waals surface area contributed by atoms with Crippen molar-refractivity contribution in [3.63, 3.8) is 0 Å². The first-order chi connectivity index (χ1) is 8.04. The Bertz CT molecular complexity index is 477. The molecule has 2 fully saturated rings. The summed E-state index contributed by atoms with van der Waals surface area (Å²) in [6.07, 6.45) is 0.767. The van der Waals surface area contributed by atoms with Gasteiger partial charge in [0.2, 0.25) is 0 Å². The third-order valence-corrected chi connectivity index (χ3v) is 4.36. The highest BCUT2D eigenvalue weighted by atomic mass is 79.9. The van der Waals surface area contributed by atoms with Crippen LogP contribution in [0.4, 0.5) is 14.5 Å². The van der Waals surface area contributed by atoms with Crippen molar-refractivity contribution in [1.82, 2.24) is 0 Å². The van der Waals surface area contributed by atoms with Crippen LogP contribution in [0, 0.1) is 11.8 Å². The highest BCUT2D eigenvalue weighted by Gasteiger charge is 2.71. The number of anilines is 1. The summed E-state index contributed by atoms with van der Waals surface area (Å²) in [5, 5.41) is 0. The first kappa shape index (κ1) is 11.1. The van der Waals surface area contributed by atoms with Crippen molar-refractivity contribution in [3.05, 3.63) is 28.2 Å². The van der Waals surface area contributed by atoms with E-state index in [1.807, 2.05) is 11.0 Å². The number of halogens is 3. The Morgan fingerprint density at radius 2 is 2.00 bits per heavy atom. The summed E-state index contributed by atoms with van der Waals surface area (Å²) >= 11 is 3.30. The smallest absolute Gasteiger partial charge is 0.258 e. The highest BCUT2D eigenvalue weighted by molar-refractivity contribution is 9.10. The molecule has 2 unspecified atom stereocenters. The Balaban J connectivity index is 1.79. The van der Waals surface area contributed by atoms with E-state index in [-0.39, 0.29) is 0 Å². The van der Waals surface area contributed by atoms with Crippen LogP contribution in [-0.4, -0.2) is 25.3 Å². The van der Waals surface area contributed by atoms with Crippen LogP contribution in [0.5, 0.6) is 0 Å². The lowest BCUT2D eigenvalue weighted by Gasteiger charge is -2.22. The first-order valence-electron chi connectivity index (χ1n) is 5.41. The van der Waals surface area contributed by atoms with Crippen LogP contribution in [0.25, 0.3) is 0 Å². The Morgan fingerprint density at radius 3 is 2.53 bits per heavy atom. The summed E-state index contributed by atoms with van der Waals surface area (Å²) in [6.45, 7) is 0.815. The number of aldehydes is 1. The summed E-state index contributed by atoms with van der Waals surface area (Å²) in [4.78, 5) is 12.6. The largest absolute Gasteiger partial charge is 0.370 e. The SMILES string of the molecule is O=Cc1ccc(N2CC3C(C2)C3(F)F)cc1Br. The Morgan fingerprint density at radius 1 is 1.35 bits per heavy atom. The van der Waals surface area contributed by atoms with Gasteiger partial charge in [0.1, 0.15) is 0 Å². The molecule has 1 aliphatic carbocycles. The van der Waals surface area contributed by atoms with Gasteiger partial charge in [-0.1, -0.05) is 0 Å². The zero-order chi connectivity index (χ0) is 12.2. The first-order valence-corrected chi connectivity index (χ1v) is 6.21. The molecule has 0 N–H and O–H groups in total. The molecule has 1 aliphatic heterocycles. The molecule has 5 heteroatoms. The van der Waals surface area contributed by atoms with Gasteiger partial charge < -0.3 is 4.90 Å². The van der Waals surface area contributed by atoms with Crippen molar-refractivity contribution < 1.29 is 13.6 Å². The lowest BCUT2D eigenvalue weighted by molar-refractivity contribution is 0.0797. The number of rotatable bonds is 2. The molecule has 2 nitrogen and oxygen atoms in total. The second-order valence-electron chi connectivity index (χ2n) is 4.62. The molecular formula is C12H10BrF2NO. The van der Waals surface area contributed by atoms with Crippen molar-refractivity contribution in [2.75, 3.05) is 18.0 Å². The quantitative estimate of drug-likeness (QED) is 0.783. The predicted molar refractivity (Wildman–Crippen MR) is 63.7 cm³/mol. The molecule has 17 heavy (non-hydrogen) atoms. The number of alkyl halides is 2. The van der Waals surface area contributed by atoms with Gasteiger partial charge in [-0.2, -0.15) is 0 Å². The zero-order valence-corrected chi connectivity index (χ0v) is 10.5. The summed E-state index contributed by atoms with van der Waals surface area (Å²) in [5.74, 6) is -3.41. The fourth-order valence-corrected chi connectivity index (χ4v) is 2.99. The van der Waals surface area contributed by atoms with Crippen LogP contribution in [0.2, 0.25) is 0 Å². The normalized spacial score (nSPS) is 29.0. The van der Waals surface area contributed by atoms with Gasteiger partial charge in [-0.05, 0) is 34.1 Å². The van der Waals surface area contributed by atoms with Gasteiger partial charge in [-0.25, -0.2) is 8.78 Å². The Kier molecular flexibility index (Phi) is 2.30. The van der Waals surface area contributed by atoms with Crippen LogP contribution >= 0.6 is 15.9 Å². The van der Waals surface area contributed by atoms with Crippen LogP contribution in [0.3, 0.4) is 0 Å². The molecule has 2 atom stereocenters. The molecule has 1 aromatic rings.